The Morgan fingerprint density at radius 1 is 0.971 bits per heavy atom. The topological polar surface area (TPSA) is 98.5 Å². The zero-order chi connectivity index (χ0) is 23.1. The Bertz CT molecular complexity index is 1310. The van der Waals surface area contributed by atoms with Gasteiger partial charge >= 0.3 is 0 Å². The smallest absolute Gasteiger partial charge is 0.154 e. The molecule has 0 spiro atoms. The highest BCUT2D eigenvalue weighted by Gasteiger charge is 2.33. The van der Waals surface area contributed by atoms with E-state index in [0.29, 0.717) is 23.7 Å². The van der Waals surface area contributed by atoms with Crippen molar-refractivity contribution in [1.82, 2.24) is 29.9 Å². The van der Waals surface area contributed by atoms with E-state index in [2.05, 4.69) is 48.9 Å². The summed E-state index contributed by atoms with van der Waals surface area (Å²) >= 11 is 0. The number of rotatable bonds is 5. The number of aromatic nitrogens is 5. The first-order valence-corrected chi connectivity index (χ1v) is 11.6. The number of hydrogen-bond donors (Lipinski definition) is 2. The first-order chi connectivity index (χ1) is 16.6. The van der Waals surface area contributed by atoms with Crippen LogP contribution in [-0.4, -0.2) is 56.0 Å². The maximum atomic E-state index is 6.53. The summed E-state index contributed by atoms with van der Waals surface area (Å²) < 4.78 is 14.1. The number of fused-ring (bicyclic) bond motifs is 3. The molecule has 174 valence electrons. The number of nitrogens with zero attached hydrogens (tertiary/aromatic N) is 5. The molecule has 0 saturated carbocycles. The van der Waals surface area contributed by atoms with E-state index in [-0.39, 0.29) is 6.10 Å². The lowest BCUT2D eigenvalue weighted by molar-refractivity contribution is -0.0122. The van der Waals surface area contributed by atoms with E-state index in [4.69, 9.17) is 9.47 Å². The maximum absolute atomic E-state index is 6.53. The SMILES string of the molecule is Cc1cnc(Nc2cc3cc(-c4cc(C)ncc4OC4C[C@H]5COC[C@@H](C4)N5)ccn3n2)cn1. The number of aryl methyl sites for hydroxylation is 2. The Morgan fingerprint density at radius 3 is 2.59 bits per heavy atom. The van der Waals surface area contributed by atoms with Crippen LogP contribution in [0.5, 0.6) is 5.75 Å². The zero-order valence-electron chi connectivity index (χ0n) is 19.2. The molecular formula is C25H27N7O2. The van der Waals surface area contributed by atoms with Gasteiger partial charge < -0.3 is 20.1 Å². The van der Waals surface area contributed by atoms with Gasteiger partial charge in [-0.25, -0.2) is 9.50 Å². The van der Waals surface area contributed by atoms with Crippen LogP contribution in [0.25, 0.3) is 16.6 Å². The van der Waals surface area contributed by atoms with Gasteiger partial charge in [0.2, 0.25) is 0 Å². The average molecular weight is 458 g/mol. The van der Waals surface area contributed by atoms with Gasteiger partial charge in [-0.1, -0.05) is 0 Å². The number of piperidine rings is 1. The Kier molecular flexibility index (Phi) is 5.35. The van der Waals surface area contributed by atoms with Gasteiger partial charge in [-0.05, 0) is 37.6 Å². The van der Waals surface area contributed by atoms with Gasteiger partial charge in [0.15, 0.2) is 5.82 Å². The van der Waals surface area contributed by atoms with Crippen molar-refractivity contribution in [3.63, 3.8) is 0 Å². The standard InChI is InChI=1S/C25H27N7O2/c1-15-5-22(23(11-26-15)34-21-7-18-13-33-14-19(8-21)29-18)17-3-4-32-20(6-17)9-24(31-32)30-25-12-27-16(2)10-28-25/h3-6,9-12,18-19,21,29H,7-8,13-14H2,1-2H3,(H,28,30,31)/t18-,19+,21?. The largest absolute Gasteiger partial charge is 0.488 e. The molecule has 0 aromatic carbocycles. The summed E-state index contributed by atoms with van der Waals surface area (Å²) in [6.45, 7) is 5.41. The summed E-state index contributed by atoms with van der Waals surface area (Å²) in [7, 11) is 0. The Morgan fingerprint density at radius 2 is 1.79 bits per heavy atom. The van der Waals surface area contributed by atoms with E-state index >= 15 is 0 Å². The molecule has 1 unspecified atom stereocenters. The Hall–Kier alpha value is -3.56. The average Bonchev–Trinajstić information content (AvgIpc) is 3.23. The van der Waals surface area contributed by atoms with E-state index in [1.807, 2.05) is 36.8 Å². The van der Waals surface area contributed by atoms with Crippen LogP contribution in [-0.2, 0) is 4.74 Å². The van der Waals surface area contributed by atoms with Crippen molar-refractivity contribution < 1.29 is 9.47 Å². The third-order valence-electron chi connectivity index (χ3n) is 6.31. The van der Waals surface area contributed by atoms with Crippen molar-refractivity contribution in [2.45, 2.75) is 44.9 Å². The molecule has 4 aromatic rings. The summed E-state index contributed by atoms with van der Waals surface area (Å²) in [6, 6.07) is 8.96. The van der Waals surface area contributed by atoms with Gasteiger partial charge in [0.1, 0.15) is 17.7 Å². The summed E-state index contributed by atoms with van der Waals surface area (Å²) in [5.41, 5.74) is 4.89. The third kappa shape index (κ3) is 4.32. The number of hydrogen-bond acceptors (Lipinski definition) is 8. The van der Waals surface area contributed by atoms with Gasteiger partial charge in [0.05, 0.1) is 43.0 Å². The van der Waals surface area contributed by atoms with Crippen molar-refractivity contribution in [3.8, 4) is 16.9 Å². The second kappa shape index (κ2) is 8.66. The molecule has 2 bridgehead atoms. The van der Waals surface area contributed by atoms with E-state index in [0.717, 1.165) is 59.8 Å². The second-order valence-corrected chi connectivity index (χ2v) is 9.11. The quantitative estimate of drug-likeness (QED) is 0.470. The van der Waals surface area contributed by atoms with Gasteiger partial charge in [0.25, 0.3) is 0 Å². The minimum atomic E-state index is 0.147. The Balaban J connectivity index is 1.27. The molecule has 2 saturated heterocycles. The number of nitrogens with one attached hydrogen (secondary N) is 2. The van der Waals surface area contributed by atoms with Gasteiger partial charge in [0, 0.05) is 48.4 Å². The van der Waals surface area contributed by atoms with E-state index in [9.17, 15) is 0 Å². The molecule has 3 atom stereocenters. The van der Waals surface area contributed by atoms with E-state index in [1.54, 1.807) is 12.4 Å². The van der Waals surface area contributed by atoms with Crippen molar-refractivity contribution in [3.05, 3.63) is 60.4 Å². The highest BCUT2D eigenvalue weighted by molar-refractivity contribution is 5.75. The summed E-state index contributed by atoms with van der Waals surface area (Å²) in [6.07, 6.45) is 9.26. The van der Waals surface area contributed by atoms with Gasteiger partial charge in [-0.3, -0.25) is 9.97 Å². The molecule has 34 heavy (non-hydrogen) atoms. The maximum Gasteiger partial charge on any atom is 0.154 e. The van der Waals surface area contributed by atoms with Crippen LogP contribution in [0, 0.1) is 13.8 Å². The lowest BCUT2D eigenvalue weighted by Crippen LogP contribution is -2.56. The molecule has 2 aliphatic rings. The fourth-order valence-corrected chi connectivity index (χ4v) is 4.74. The van der Waals surface area contributed by atoms with Crippen LogP contribution in [0.3, 0.4) is 0 Å². The molecule has 4 aromatic heterocycles. The van der Waals surface area contributed by atoms with Crippen LogP contribution in [0.15, 0.2) is 49.1 Å². The van der Waals surface area contributed by atoms with E-state index < -0.39 is 0 Å². The fourth-order valence-electron chi connectivity index (χ4n) is 4.74. The summed E-state index contributed by atoms with van der Waals surface area (Å²) in [5.74, 6) is 2.18. The van der Waals surface area contributed by atoms with Crippen molar-refractivity contribution in [2.75, 3.05) is 18.5 Å². The van der Waals surface area contributed by atoms with Gasteiger partial charge in [-0.15, -0.1) is 0 Å². The molecule has 0 amide bonds. The molecule has 6 heterocycles. The van der Waals surface area contributed by atoms with Gasteiger partial charge in [-0.2, -0.15) is 5.10 Å². The van der Waals surface area contributed by atoms with Crippen LogP contribution in [0.4, 0.5) is 11.6 Å². The highest BCUT2D eigenvalue weighted by atomic mass is 16.5. The normalized spacial score (nSPS) is 22.0. The predicted octanol–water partition coefficient (Wildman–Crippen LogP) is 3.44. The summed E-state index contributed by atoms with van der Waals surface area (Å²) in [5, 5.41) is 11.4. The molecule has 0 radical (unpaired) electrons. The lowest BCUT2D eigenvalue weighted by atomic mass is 9.94. The molecular weight excluding hydrogens is 430 g/mol. The molecule has 9 nitrogen and oxygen atoms in total. The molecule has 6 rings (SSSR count). The van der Waals surface area contributed by atoms with Crippen molar-refractivity contribution in [2.24, 2.45) is 0 Å². The second-order valence-electron chi connectivity index (χ2n) is 9.11. The number of morpholine rings is 1. The lowest BCUT2D eigenvalue weighted by Gasteiger charge is -2.40. The predicted molar refractivity (Wildman–Crippen MR) is 128 cm³/mol. The monoisotopic (exact) mass is 457 g/mol. The molecule has 2 N–H and O–H groups in total. The zero-order valence-corrected chi connectivity index (χ0v) is 19.2. The fraction of sp³-hybridized carbons (Fsp3) is 0.360. The number of anilines is 2. The number of pyridine rings is 2. The highest BCUT2D eigenvalue weighted by Crippen LogP contribution is 2.34. The first-order valence-electron chi connectivity index (χ1n) is 11.6. The van der Waals surface area contributed by atoms with E-state index in [1.165, 1.54) is 0 Å². The number of ether oxygens (including phenoxy) is 2. The first kappa shape index (κ1) is 21.0. The minimum Gasteiger partial charge on any atom is -0.488 e. The minimum absolute atomic E-state index is 0.147. The van der Waals surface area contributed by atoms with Crippen molar-refractivity contribution >= 4 is 17.2 Å². The molecule has 2 aliphatic heterocycles. The molecule has 2 fully saturated rings. The van der Waals surface area contributed by atoms with Crippen LogP contribution >= 0.6 is 0 Å². The molecule has 0 aliphatic carbocycles. The van der Waals surface area contributed by atoms with Crippen LogP contribution < -0.4 is 15.4 Å². The summed E-state index contributed by atoms with van der Waals surface area (Å²) in [4.78, 5) is 13.1. The Labute approximate surface area is 197 Å². The van der Waals surface area contributed by atoms with Crippen molar-refractivity contribution in [1.29, 1.82) is 0 Å². The molecule has 9 heteroatoms. The van der Waals surface area contributed by atoms with Crippen LogP contribution in [0.2, 0.25) is 0 Å². The third-order valence-corrected chi connectivity index (χ3v) is 6.31. The van der Waals surface area contributed by atoms with Crippen LogP contribution in [0.1, 0.15) is 24.2 Å².